The van der Waals surface area contributed by atoms with E-state index in [0.717, 1.165) is 37.8 Å². The summed E-state index contributed by atoms with van der Waals surface area (Å²) >= 11 is 0. The lowest BCUT2D eigenvalue weighted by molar-refractivity contribution is 0.140. The number of nitrogens with one attached hydrogen (secondary N) is 1. The molecule has 0 bridgehead atoms. The number of benzene rings is 1. The van der Waals surface area contributed by atoms with Gasteiger partial charge in [-0.2, -0.15) is 0 Å². The molecule has 0 heterocycles. The van der Waals surface area contributed by atoms with Gasteiger partial charge in [0.05, 0.1) is 18.8 Å². The molecule has 166 valence electrons. The molecule has 1 saturated carbocycles. The maximum Gasteiger partial charge on any atom is 0.0761 e. The molecule has 0 spiro atoms. The van der Waals surface area contributed by atoms with Crippen molar-refractivity contribution >= 4 is 0 Å². The van der Waals surface area contributed by atoms with E-state index < -0.39 is 6.10 Å². The van der Waals surface area contributed by atoms with Gasteiger partial charge in [0, 0.05) is 18.9 Å². The Bertz CT molecular complexity index is 714. The lowest BCUT2D eigenvalue weighted by Gasteiger charge is -2.19. The fraction of sp³-hybridized carbons (Fsp3) is 0.615. The van der Waals surface area contributed by atoms with Crippen LogP contribution in [0, 0.1) is 24.7 Å². The second kappa shape index (κ2) is 11.8. The first kappa shape index (κ1) is 23.2. The van der Waals surface area contributed by atoms with Crippen LogP contribution in [0.15, 0.2) is 48.1 Å². The van der Waals surface area contributed by atoms with Gasteiger partial charge in [0.1, 0.15) is 0 Å². The van der Waals surface area contributed by atoms with Gasteiger partial charge in [0.25, 0.3) is 0 Å². The summed E-state index contributed by atoms with van der Waals surface area (Å²) in [6.45, 7) is 3.94. The van der Waals surface area contributed by atoms with E-state index in [4.69, 9.17) is 5.11 Å². The highest BCUT2D eigenvalue weighted by atomic mass is 16.3. The molecule has 0 unspecified atom stereocenters. The molecule has 0 radical (unpaired) electrons. The SMILES string of the molecule is Cc1cccc(C[C@@H](O)/C=C/[C@@H]2[C@H]3CC(CCCCCNCCO)=C[C@H]3C[C@H]2O)c1. The van der Waals surface area contributed by atoms with Crippen LogP contribution < -0.4 is 5.32 Å². The Labute approximate surface area is 181 Å². The second-order valence-corrected chi connectivity index (χ2v) is 9.17. The molecule has 4 heteroatoms. The van der Waals surface area contributed by atoms with Crippen molar-refractivity contribution in [3.8, 4) is 0 Å². The lowest BCUT2D eigenvalue weighted by atomic mass is 9.88. The van der Waals surface area contributed by atoms with E-state index in [-0.39, 0.29) is 18.6 Å². The Morgan fingerprint density at radius 1 is 1.20 bits per heavy atom. The van der Waals surface area contributed by atoms with Crippen molar-refractivity contribution in [2.45, 2.75) is 64.1 Å². The van der Waals surface area contributed by atoms with Crippen LogP contribution >= 0.6 is 0 Å². The summed E-state index contributed by atoms with van der Waals surface area (Å²) in [5.41, 5.74) is 3.91. The zero-order valence-electron chi connectivity index (χ0n) is 18.3. The number of rotatable bonds is 12. The summed E-state index contributed by atoms with van der Waals surface area (Å²) in [5.74, 6) is 1.13. The Morgan fingerprint density at radius 2 is 2.07 bits per heavy atom. The average molecular weight is 414 g/mol. The first-order valence-electron chi connectivity index (χ1n) is 11.7. The summed E-state index contributed by atoms with van der Waals surface area (Å²) in [7, 11) is 0. The minimum atomic E-state index is -0.508. The zero-order chi connectivity index (χ0) is 21.3. The fourth-order valence-electron chi connectivity index (χ4n) is 5.18. The molecule has 0 saturated heterocycles. The fourth-order valence-corrected chi connectivity index (χ4v) is 5.18. The molecule has 2 aliphatic carbocycles. The van der Waals surface area contributed by atoms with Crippen LogP contribution in [0.3, 0.4) is 0 Å². The quantitative estimate of drug-likeness (QED) is 0.312. The Balaban J connectivity index is 1.42. The molecule has 1 fully saturated rings. The van der Waals surface area contributed by atoms with Crippen LogP contribution in [0.4, 0.5) is 0 Å². The minimum Gasteiger partial charge on any atom is -0.395 e. The molecule has 30 heavy (non-hydrogen) atoms. The smallest absolute Gasteiger partial charge is 0.0761 e. The number of allylic oxidation sites excluding steroid dienone is 2. The molecule has 5 atom stereocenters. The highest BCUT2D eigenvalue weighted by molar-refractivity contribution is 5.24. The molecular weight excluding hydrogens is 374 g/mol. The van der Waals surface area contributed by atoms with Crippen molar-refractivity contribution in [3.05, 3.63) is 59.2 Å². The maximum atomic E-state index is 10.6. The van der Waals surface area contributed by atoms with Crippen LogP contribution in [0.25, 0.3) is 0 Å². The van der Waals surface area contributed by atoms with Crippen LogP contribution in [0.1, 0.15) is 49.7 Å². The van der Waals surface area contributed by atoms with Gasteiger partial charge < -0.3 is 20.6 Å². The van der Waals surface area contributed by atoms with Crippen LogP contribution in [-0.2, 0) is 6.42 Å². The predicted octanol–water partition coefficient (Wildman–Crippen LogP) is 3.54. The van der Waals surface area contributed by atoms with Crippen molar-refractivity contribution in [3.63, 3.8) is 0 Å². The van der Waals surface area contributed by atoms with E-state index in [1.807, 2.05) is 12.1 Å². The van der Waals surface area contributed by atoms with Crippen molar-refractivity contribution in [2.75, 3.05) is 19.7 Å². The molecule has 4 N–H and O–H groups in total. The number of aliphatic hydroxyl groups excluding tert-OH is 3. The number of aliphatic hydroxyl groups is 3. The van der Waals surface area contributed by atoms with E-state index in [1.165, 1.54) is 18.4 Å². The third kappa shape index (κ3) is 6.78. The summed E-state index contributed by atoms with van der Waals surface area (Å²) < 4.78 is 0. The predicted molar refractivity (Wildman–Crippen MR) is 122 cm³/mol. The molecule has 1 aromatic rings. The van der Waals surface area contributed by atoms with Crippen LogP contribution in [0.5, 0.6) is 0 Å². The topological polar surface area (TPSA) is 72.7 Å². The van der Waals surface area contributed by atoms with Gasteiger partial charge >= 0.3 is 0 Å². The normalized spacial score (nSPS) is 26.9. The molecule has 4 nitrogen and oxygen atoms in total. The van der Waals surface area contributed by atoms with Gasteiger partial charge in [-0.05, 0) is 63.0 Å². The Kier molecular flexibility index (Phi) is 9.13. The van der Waals surface area contributed by atoms with Crippen molar-refractivity contribution in [1.29, 1.82) is 0 Å². The van der Waals surface area contributed by atoms with Gasteiger partial charge in [-0.1, -0.05) is 60.1 Å². The third-order valence-corrected chi connectivity index (χ3v) is 6.67. The number of fused-ring (bicyclic) bond motifs is 1. The maximum absolute atomic E-state index is 10.6. The molecule has 2 aliphatic rings. The number of unbranched alkanes of at least 4 members (excludes halogenated alkanes) is 2. The molecule has 0 aliphatic heterocycles. The number of hydrogen-bond acceptors (Lipinski definition) is 4. The Hall–Kier alpha value is -1.46. The molecule has 3 rings (SSSR count). The third-order valence-electron chi connectivity index (χ3n) is 6.67. The largest absolute Gasteiger partial charge is 0.395 e. The van der Waals surface area contributed by atoms with Gasteiger partial charge in [0.2, 0.25) is 0 Å². The first-order valence-corrected chi connectivity index (χ1v) is 11.7. The van der Waals surface area contributed by atoms with Gasteiger partial charge in [-0.15, -0.1) is 0 Å². The monoisotopic (exact) mass is 413 g/mol. The summed E-state index contributed by atoms with van der Waals surface area (Å²) in [6, 6.07) is 8.27. The average Bonchev–Trinajstić information content (AvgIpc) is 3.22. The van der Waals surface area contributed by atoms with Gasteiger partial charge in [-0.3, -0.25) is 0 Å². The highest BCUT2D eigenvalue weighted by Gasteiger charge is 2.43. The van der Waals surface area contributed by atoms with Crippen molar-refractivity contribution < 1.29 is 15.3 Å². The van der Waals surface area contributed by atoms with Crippen LogP contribution in [-0.4, -0.2) is 47.2 Å². The highest BCUT2D eigenvalue weighted by Crippen LogP contribution is 2.48. The summed E-state index contributed by atoms with van der Waals surface area (Å²) in [6.07, 6.45) is 12.9. The summed E-state index contributed by atoms with van der Waals surface area (Å²) in [4.78, 5) is 0. The standard InChI is InChI=1S/C26H39NO3/c1-19-6-5-8-20(14-19)16-23(29)9-10-24-25-17-21(15-22(25)18-26(24)30)7-3-2-4-11-27-12-13-28/h5-6,8-10,14-15,22-30H,2-4,7,11-13,16-18H2,1H3/b10-9+/t22-,23-,24+,25-,26+/m0/s1. The van der Waals surface area contributed by atoms with Crippen LogP contribution in [0.2, 0.25) is 0 Å². The van der Waals surface area contributed by atoms with Crippen molar-refractivity contribution in [1.82, 2.24) is 5.32 Å². The summed E-state index contributed by atoms with van der Waals surface area (Å²) in [5, 5.41) is 33.0. The number of aryl methyl sites for hydroxylation is 1. The second-order valence-electron chi connectivity index (χ2n) is 9.17. The van der Waals surface area contributed by atoms with E-state index in [2.05, 4.69) is 42.6 Å². The van der Waals surface area contributed by atoms with E-state index in [1.54, 1.807) is 5.57 Å². The first-order chi connectivity index (χ1) is 14.6. The molecule has 0 aromatic heterocycles. The van der Waals surface area contributed by atoms with Crippen molar-refractivity contribution in [2.24, 2.45) is 17.8 Å². The van der Waals surface area contributed by atoms with E-state index in [0.29, 0.717) is 24.8 Å². The molecular formula is C26H39NO3. The van der Waals surface area contributed by atoms with Gasteiger partial charge in [-0.25, -0.2) is 0 Å². The zero-order valence-corrected chi connectivity index (χ0v) is 18.3. The van der Waals surface area contributed by atoms with E-state index >= 15 is 0 Å². The lowest BCUT2D eigenvalue weighted by Crippen LogP contribution is -2.19. The van der Waals surface area contributed by atoms with E-state index in [9.17, 15) is 10.2 Å². The minimum absolute atomic E-state index is 0.151. The molecule has 0 amide bonds. The Morgan fingerprint density at radius 3 is 2.87 bits per heavy atom. The van der Waals surface area contributed by atoms with Gasteiger partial charge in [0.15, 0.2) is 0 Å². The molecule has 1 aromatic carbocycles. The number of hydrogen-bond donors (Lipinski definition) is 4.